The molecule has 0 aliphatic carbocycles. The van der Waals surface area contributed by atoms with E-state index in [1.807, 2.05) is 30.5 Å². The van der Waals surface area contributed by atoms with Crippen molar-refractivity contribution in [2.75, 3.05) is 31.0 Å². The van der Waals surface area contributed by atoms with E-state index in [1.165, 1.54) is 11.8 Å². The van der Waals surface area contributed by atoms with Crippen LogP contribution in [0.3, 0.4) is 0 Å². The standard InChI is InChI=1S/C17H19N3O3S/c1-24-17-18-6-4-16(19-17)20-7-5-12(13(21)9-20)11-2-3-14-15(8-11)23-10-22-14/h2-4,6,8,12-13,21H,5,7,9-10H2,1H3/t12-,13+/m1/s1. The Kier molecular flexibility index (Phi) is 4.20. The minimum absolute atomic E-state index is 0.0950. The molecule has 0 unspecified atom stereocenters. The Labute approximate surface area is 144 Å². The van der Waals surface area contributed by atoms with Crippen molar-refractivity contribution in [3.8, 4) is 11.5 Å². The van der Waals surface area contributed by atoms with E-state index in [1.54, 1.807) is 6.20 Å². The summed E-state index contributed by atoms with van der Waals surface area (Å²) in [6.07, 6.45) is 4.13. The van der Waals surface area contributed by atoms with Crippen molar-refractivity contribution in [2.45, 2.75) is 23.6 Å². The first-order chi connectivity index (χ1) is 11.7. The lowest BCUT2D eigenvalue weighted by Gasteiger charge is -2.36. The number of ether oxygens (including phenoxy) is 2. The Bertz CT molecular complexity index is 743. The third kappa shape index (κ3) is 2.89. The molecular weight excluding hydrogens is 326 g/mol. The summed E-state index contributed by atoms with van der Waals surface area (Å²) in [4.78, 5) is 10.8. The molecule has 2 aliphatic rings. The van der Waals surface area contributed by atoms with E-state index in [-0.39, 0.29) is 12.7 Å². The van der Waals surface area contributed by atoms with Crippen LogP contribution in [-0.4, -0.2) is 47.3 Å². The summed E-state index contributed by atoms with van der Waals surface area (Å²) in [5.41, 5.74) is 1.10. The van der Waals surface area contributed by atoms with Crippen LogP contribution in [0.25, 0.3) is 0 Å². The molecular formula is C17H19N3O3S. The van der Waals surface area contributed by atoms with E-state index < -0.39 is 6.10 Å². The number of thioether (sulfide) groups is 1. The van der Waals surface area contributed by atoms with Crippen LogP contribution in [0.1, 0.15) is 17.9 Å². The lowest BCUT2D eigenvalue weighted by atomic mass is 9.87. The Morgan fingerprint density at radius 1 is 1.25 bits per heavy atom. The number of β-amino-alcohol motifs (C(OH)–C–C–N with tert-alkyl or cyclic N) is 1. The third-order valence-electron chi connectivity index (χ3n) is 4.53. The predicted octanol–water partition coefficient (Wildman–Crippen LogP) is 2.28. The highest BCUT2D eigenvalue weighted by Crippen LogP contribution is 2.38. The highest BCUT2D eigenvalue weighted by atomic mass is 32.2. The molecule has 2 atom stereocenters. The molecule has 2 aliphatic heterocycles. The molecule has 1 fully saturated rings. The van der Waals surface area contributed by atoms with Gasteiger partial charge in [0.1, 0.15) is 5.82 Å². The van der Waals surface area contributed by atoms with Gasteiger partial charge < -0.3 is 19.5 Å². The van der Waals surface area contributed by atoms with Crippen LogP contribution in [0.4, 0.5) is 5.82 Å². The second-order valence-corrected chi connectivity index (χ2v) is 6.70. The number of aliphatic hydroxyl groups is 1. The molecule has 0 radical (unpaired) electrons. The van der Waals surface area contributed by atoms with E-state index >= 15 is 0 Å². The van der Waals surface area contributed by atoms with E-state index in [0.29, 0.717) is 6.54 Å². The summed E-state index contributed by atoms with van der Waals surface area (Å²) in [6, 6.07) is 7.83. The van der Waals surface area contributed by atoms with Gasteiger partial charge in [-0.2, -0.15) is 0 Å². The fourth-order valence-electron chi connectivity index (χ4n) is 3.28. The zero-order valence-electron chi connectivity index (χ0n) is 13.4. The maximum atomic E-state index is 10.7. The molecule has 0 bridgehead atoms. The lowest BCUT2D eigenvalue weighted by Crippen LogP contribution is -2.43. The highest BCUT2D eigenvalue weighted by molar-refractivity contribution is 7.98. The van der Waals surface area contributed by atoms with Gasteiger partial charge in [-0.3, -0.25) is 0 Å². The third-order valence-corrected chi connectivity index (χ3v) is 5.09. The van der Waals surface area contributed by atoms with Crippen LogP contribution < -0.4 is 14.4 Å². The number of aliphatic hydroxyl groups excluding tert-OH is 1. The second kappa shape index (κ2) is 6.49. The second-order valence-electron chi connectivity index (χ2n) is 5.92. The van der Waals surface area contributed by atoms with Crippen molar-refractivity contribution in [2.24, 2.45) is 0 Å². The number of nitrogens with zero attached hydrogens (tertiary/aromatic N) is 3. The van der Waals surface area contributed by atoms with Crippen LogP contribution in [0.2, 0.25) is 0 Å². The number of piperidine rings is 1. The van der Waals surface area contributed by atoms with Crippen molar-refractivity contribution >= 4 is 17.6 Å². The quantitative estimate of drug-likeness (QED) is 0.676. The molecule has 1 aromatic carbocycles. The molecule has 6 nitrogen and oxygen atoms in total. The fraction of sp³-hybridized carbons (Fsp3) is 0.412. The molecule has 126 valence electrons. The van der Waals surface area contributed by atoms with Crippen molar-refractivity contribution < 1.29 is 14.6 Å². The Hall–Kier alpha value is -1.99. The van der Waals surface area contributed by atoms with E-state index in [9.17, 15) is 5.11 Å². The normalized spacial score (nSPS) is 22.7. The zero-order chi connectivity index (χ0) is 16.5. The first-order valence-electron chi connectivity index (χ1n) is 7.94. The number of fused-ring (bicyclic) bond motifs is 1. The van der Waals surface area contributed by atoms with Gasteiger partial charge in [0.25, 0.3) is 0 Å². The van der Waals surface area contributed by atoms with Gasteiger partial charge in [0.2, 0.25) is 6.79 Å². The number of anilines is 1. The number of benzene rings is 1. The van der Waals surface area contributed by atoms with Crippen LogP contribution in [0.5, 0.6) is 11.5 Å². The monoisotopic (exact) mass is 345 g/mol. The molecule has 0 saturated carbocycles. The molecule has 1 saturated heterocycles. The maximum Gasteiger partial charge on any atom is 0.231 e. The van der Waals surface area contributed by atoms with Crippen LogP contribution in [-0.2, 0) is 0 Å². The van der Waals surface area contributed by atoms with Crippen molar-refractivity contribution in [1.29, 1.82) is 0 Å². The van der Waals surface area contributed by atoms with Gasteiger partial charge in [0.15, 0.2) is 16.7 Å². The minimum atomic E-state index is -0.452. The molecule has 2 aromatic rings. The van der Waals surface area contributed by atoms with Gasteiger partial charge in [-0.25, -0.2) is 9.97 Å². The summed E-state index contributed by atoms with van der Waals surface area (Å²) in [6.45, 7) is 1.68. The molecule has 0 spiro atoms. The van der Waals surface area contributed by atoms with Crippen LogP contribution in [0.15, 0.2) is 35.6 Å². The van der Waals surface area contributed by atoms with Gasteiger partial charge in [-0.05, 0) is 36.4 Å². The van der Waals surface area contributed by atoms with Gasteiger partial charge in [0.05, 0.1) is 6.10 Å². The van der Waals surface area contributed by atoms with Crippen molar-refractivity contribution in [1.82, 2.24) is 9.97 Å². The topological polar surface area (TPSA) is 67.7 Å². The number of aromatic nitrogens is 2. The SMILES string of the molecule is CSc1nccc(N2CC[C@H](c3ccc4c(c3)OCO4)[C@@H](O)C2)n1. The molecule has 4 rings (SSSR count). The average molecular weight is 345 g/mol. The van der Waals surface area contributed by atoms with Crippen molar-refractivity contribution in [3.05, 3.63) is 36.0 Å². The van der Waals surface area contributed by atoms with Gasteiger partial charge in [0, 0.05) is 25.2 Å². The average Bonchev–Trinajstić information content (AvgIpc) is 3.09. The molecule has 0 amide bonds. The Balaban J connectivity index is 1.50. The lowest BCUT2D eigenvalue weighted by molar-refractivity contribution is 0.129. The smallest absolute Gasteiger partial charge is 0.231 e. The highest BCUT2D eigenvalue weighted by Gasteiger charge is 2.30. The van der Waals surface area contributed by atoms with Gasteiger partial charge >= 0.3 is 0 Å². The van der Waals surface area contributed by atoms with Crippen LogP contribution >= 0.6 is 11.8 Å². The van der Waals surface area contributed by atoms with Crippen LogP contribution in [0, 0.1) is 0 Å². The summed E-state index contributed by atoms with van der Waals surface area (Å²) < 4.78 is 10.8. The van der Waals surface area contributed by atoms with E-state index in [4.69, 9.17) is 9.47 Å². The van der Waals surface area contributed by atoms with Crippen molar-refractivity contribution in [3.63, 3.8) is 0 Å². The predicted molar refractivity (Wildman–Crippen MR) is 92.0 cm³/mol. The summed E-state index contributed by atoms with van der Waals surface area (Å²) in [7, 11) is 0. The fourth-order valence-corrected chi connectivity index (χ4v) is 3.63. The molecule has 7 heteroatoms. The molecule has 24 heavy (non-hydrogen) atoms. The van der Waals surface area contributed by atoms with E-state index in [0.717, 1.165) is 41.0 Å². The summed E-state index contributed by atoms with van der Waals surface area (Å²) in [5.74, 6) is 2.51. The zero-order valence-corrected chi connectivity index (χ0v) is 14.2. The van der Waals surface area contributed by atoms with E-state index in [2.05, 4.69) is 14.9 Å². The number of hydrogen-bond donors (Lipinski definition) is 1. The molecule has 1 aromatic heterocycles. The maximum absolute atomic E-state index is 10.7. The largest absolute Gasteiger partial charge is 0.454 e. The first kappa shape index (κ1) is 15.5. The number of hydrogen-bond acceptors (Lipinski definition) is 7. The van der Waals surface area contributed by atoms with Gasteiger partial charge in [-0.15, -0.1) is 0 Å². The summed E-state index contributed by atoms with van der Waals surface area (Å²) >= 11 is 1.52. The van der Waals surface area contributed by atoms with Gasteiger partial charge in [-0.1, -0.05) is 17.8 Å². The Morgan fingerprint density at radius 2 is 2.12 bits per heavy atom. The first-order valence-corrected chi connectivity index (χ1v) is 9.16. The molecule has 1 N–H and O–H groups in total. The minimum Gasteiger partial charge on any atom is -0.454 e. The molecule has 3 heterocycles. The Morgan fingerprint density at radius 3 is 2.96 bits per heavy atom. The summed E-state index contributed by atoms with van der Waals surface area (Å²) in [5, 5.41) is 11.4. The number of rotatable bonds is 3.